The van der Waals surface area contributed by atoms with Crippen molar-refractivity contribution in [1.82, 2.24) is 9.78 Å². The first-order valence-electron chi connectivity index (χ1n) is 5.71. The van der Waals surface area contributed by atoms with Crippen LogP contribution in [0.5, 0.6) is 0 Å². The van der Waals surface area contributed by atoms with E-state index in [4.69, 9.17) is 5.11 Å². The highest BCUT2D eigenvalue weighted by Gasteiger charge is 2.20. The van der Waals surface area contributed by atoms with Crippen LogP contribution in [-0.2, 0) is 6.54 Å². The SMILES string of the molecule is Cc1ccc2c(c1)c(C(=O)O)nn2CC(C)(C)O. The number of hydrogen-bond acceptors (Lipinski definition) is 3. The molecule has 2 aromatic rings. The molecule has 0 spiro atoms. The molecule has 0 bridgehead atoms. The van der Waals surface area contributed by atoms with Gasteiger partial charge in [-0.1, -0.05) is 11.6 Å². The molecule has 0 saturated heterocycles. The van der Waals surface area contributed by atoms with Crippen LogP contribution in [0.25, 0.3) is 10.9 Å². The lowest BCUT2D eigenvalue weighted by molar-refractivity contribution is 0.0576. The van der Waals surface area contributed by atoms with E-state index in [-0.39, 0.29) is 12.2 Å². The van der Waals surface area contributed by atoms with Crippen molar-refractivity contribution in [2.45, 2.75) is 32.9 Å². The largest absolute Gasteiger partial charge is 0.476 e. The number of fused-ring (bicyclic) bond motifs is 1. The molecule has 0 fully saturated rings. The Balaban J connectivity index is 2.65. The molecular formula is C13H16N2O3. The first kappa shape index (κ1) is 12.6. The van der Waals surface area contributed by atoms with Crippen LogP contribution >= 0.6 is 0 Å². The molecule has 0 aliphatic rings. The molecule has 5 heteroatoms. The van der Waals surface area contributed by atoms with Gasteiger partial charge in [0.2, 0.25) is 0 Å². The molecule has 0 unspecified atom stereocenters. The maximum Gasteiger partial charge on any atom is 0.357 e. The summed E-state index contributed by atoms with van der Waals surface area (Å²) in [6.45, 7) is 5.47. The number of nitrogens with zero attached hydrogens (tertiary/aromatic N) is 2. The lowest BCUT2D eigenvalue weighted by Crippen LogP contribution is -2.26. The Hall–Kier alpha value is -1.88. The van der Waals surface area contributed by atoms with Gasteiger partial charge in [0.15, 0.2) is 5.69 Å². The highest BCUT2D eigenvalue weighted by Crippen LogP contribution is 2.22. The van der Waals surface area contributed by atoms with Gasteiger partial charge in [-0.3, -0.25) is 4.68 Å². The standard InChI is InChI=1S/C13H16N2O3/c1-8-4-5-10-9(6-8)11(12(16)17)14-15(10)7-13(2,3)18/h4-6,18H,7H2,1-3H3,(H,16,17). The third kappa shape index (κ3) is 2.36. The van der Waals surface area contributed by atoms with E-state index in [0.717, 1.165) is 11.1 Å². The summed E-state index contributed by atoms with van der Waals surface area (Å²) in [5, 5.41) is 23.6. The first-order chi connectivity index (χ1) is 8.28. The normalized spacial score (nSPS) is 12.0. The van der Waals surface area contributed by atoms with Crippen molar-refractivity contribution in [1.29, 1.82) is 0 Å². The molecule has 1 aromatic heterocycles. The molecule has 1 heterocycles. The molecule has 0 aliphatic carbocycles. The van der Waals surface area contributed by atoms with E-state index >= 15 is 0 Å². The Morgan fingerprint density at radius 1 is 1.44 bits per heavy atom. The van der Waals surface area contributed by atoms with E-state index in [0.29, 0.717) is 5.39 Å². The summed E-state index contributed by atoms with van der Waals surface area (Å²) in [5.74, 6) is -1.06. The minimum absolute atomic E-state index is 0.0259. The molecule has 5 nitrogen and oxygen atoms in total. The zero-order chi connectivity index (χ0) is 13.5. The fourth-order valence-corrected chi connectivity index (χ4v) is 1.94. The van der Waals surface area contributed by atoms with Gasteiger partial charge in [0, 0.05) is 5.39 Å². The summed E-state index contributed by atoms with van der Waals surface area (Å²) in [5.41, 5.74) is 0.783. The first-order valence-corrected chi connectivity index (χ1v) is 5.71. The van der Waals surface area contributed by atoms with Crippen LogP contribution in [-0.4, -0.2) is 31.6 Å². The van der Waals surface area contributed by atoms with Crippen LogP contribution < -0.4 is 0 Å². The van der Waals surface area contributed by atoms with Gasteiger partial charge in [0.1, 0.15) is 0 Å². The van der Waals surface area contributed by atoms with Gasteiger partial charge >= 0.3 is 5.97 Å². The number of aliphatic hydroxyl groups is 1. The Morgan fingerprint density at radius 2 is 2.11 bits per heavy atom. The molecule has 2 N–H and O–H groups in total. The number of aryl methyl sites for hydroxylation is 1. The van der Waals surface area contributed by atoms with Crippen molar-refractivity contribution in [3.8, 4) is 0 Å². The molecule has 1 aromatic carbocycles. The van der Waals surface area contributed by atoms with E-state index in [1.807, 2.05) is 19.1 Å². The van der Waals surface area contributed by atoms with Crippen molar-refractivity contribution in [3.05, 3.63) is 29.5 Å². The smallest absolute Gasteiger partial charge is 0.357 e. The number of aromatic carboxylic acids is 1. The molecule has 18 heavy (non-hydrogen) atoms. The van der Waals surface area contributed by atoms with E-state index in [1.54, 1.807) is 19.9 Å². The number of aromatic nitrogens is 2. The minimum Gasteiger partial charge on any atom is -0.476 e. The zero-order valence-electron chi connectivity index (χ0n) is 10.6. The monoisotopic (exact) mass is 248 g/mol. The fraction of sp³-hybridized carbons (Fsp3) is 0.385. The summed E-state index contributed by atoms with van der Waals surface area (Å²) in [7, 11) is 0. The van der Waals surface area contributed by atoms with Crippen molar-refractivity contribution >= 4 is 16.9 Å². The lowest BCUT2D eigenvalue weighted by Gasteiger charge is -2.17. The fourth-order valence-electron chi connectivity index (χ4n) is 1.94. The molecule has 2 rings (SSSR count). The second-order valence-electron chi connectivity index (χ2n) is 5.14. The van der Waals surface area contributed by atoms with Gasteiger partial charge in [0.05, 0.1) is 17.7 Å². The van der Waals surface area contributed by atoms with Crippen LogP contribution in [0.2, 0.25) is 0 Å². The third-order valence-corrected chi connectivity index (χ3v) is 2.65. The summed E-state index contributed by atoms with van der Waals surface area (Å²) < 4.78 is 1.54. The maximum atomic E-state index is 11.2. The van der Waals surface area contributed by atoms with E-state index in [9.17, 15) is 9.90 Å². The Bertz CT molecular complexity index is 608. The molecule has 0 aliphatic heterocycles. The Morgan fingerprint density at radius 3 is 2.67 bits per heavy atom. The van der Waals surface area contributed by atoms with E-state index in [1.165, 1.54) is 4.68 Å². The second-order valence-corrected chi connectivity index (χ2v) is 5.14. The zero-order valence-corrected chi connectivity index (χ0v) is 10.6. The van der Waals surface area contributed by atoms with Crippen LogP contribution in [0, 0.1) is 6.92 Å². The maximum absolute atomic E-state index is 11.2. The Labute approximate surface area is 105 Å². The van der Waals surface area contributed by atoms with Crippen molar-refractivity contribution in [2.75, 3.05) is 0 Å². The molecule has 0 amide bonds. The predicted molar refractivity (Wildman–Crippen MR) is 67.7 cm³/mol. The highest BCUT2D eigenvalue weighted by molar-refractivity contribution is 6.01. The van der Waals surface area contributed by atoms with E-state index < -0.39 is 11.6 Å². The summed E-state index contributed by atoms with van der Waals surface area (Å²) in [6, 6.07) is 5.53. The predicted octanol–water partition coefficient (Wildman–Crippen LogP) is 1.81. The van der Waals surface area contributed by atoms with Gasteiger partial charge in [-0.2, -0.15) is 5.10 Å². The number of carboxylic acids is 1. The molecule has 96 valence electrons. The quantitative estimate of drug-likeness (QED) is 0.868. The molecule has 0 radical (unpaired) electrons. The van der Waals surface area contributed by atoms with E-state index in [2.05, 4.69) is 5.10 Å². The van der Waals surface area contributed by atoms with Gasteiger partial charge < -0.3 is 10.2 Å². The van der Waals surface area contributed by atoms with Gasteiger partial charge in [-0.05, 0) is 32.9 Å². The highest BCUT2D eigenvalue weighted by atomic mass is 16.4. The van der Waals surface area contributed by atoms with Crippen LogP contribution in [0.3, 0.4) is 0 Å². The molecular weight excluding hydrogens is 232 g/mol. The van der Waals surface area contributed by atoms with Crippen molar-refractivity contribution in [2.24, 2.45) is 0 Å². The topological polar surface area (TPSA) is 75.3 Å². The third-order valence-electron chi connectivity index (χ3n) is 2.65. The lowest BCUT2D eigenvalue weighted by atomic mass is 10.1. The number of hydrogen-bond donors (Lipinski definition) is 2. The molecule has 0 saturated carbocycles. The van der Waals surface area contributed by atoms with Gasteiger partial charge in [-0.25, -0.2) is 4.79 Å². The number of carboxylic acid groups (broad SMARTS) is 1. The summed E-state index contributed by atoms with van der Waals surface area (Å²) >= 11 is 0. The number of benzene rings is 1. The van der Waals surface area contributed by atoms with Crippen LogP contribution in [0.15, 0.2) is 18.2 Å². The average molecular weight is 248 g/mol. The average Bonchev–Trinajstić information content (AvgIpc) is 2.54. The van der Waals surface area contributed by atoms with Gasteiger partial charge in [-0.15, -0.1) is 0 Å². The Kier molecular flexibility index (Phi) is 2.86. The second kappa shape index (κ2) is 4.10. The molecule has 0 atom stereocenters. The van der Waals surface area contributed by atoms with Crippen LogP contribution in [0.4, 0.5) is 0 Å². The van der Waals surface area contributed by atoms with Crippen molar-refractivity contribution < 1.29 is 15.0 Å². The number of carbonyl (C=O) groups is 1. The van der Waals surface area contributed by atoms with Crippen LogP contribution in [0.1, 0.15) is 29.9 Å². The number of rotatable bonds is 3. The van der Waals surface area contributed by atoms with Crippen molar-refractivity contribution in [3.63, 3.8) is 0 Å². The summed E-state index contributed by atoms with van der Waals surface area (Å²) in [4.78, 5) is 11.2. The minimum atomic E-state index is -1.06. The van der Waals surface area contributed by atoms with Gasteiger partial charge in [0.25, 0.3) is 0 Å². The summed E-state index contributed by atoms with van der Waals surface area (Å²) in [6.07, 6.45) is 0.